The molecule has 57 heavy (non-hydrogen) atoms. The number of benzene rings is 8. The van der Waals surface area contributed by atoms with E-state index in [4.69, 9.17) is 19.1 Å². The molecule has 0 aliphatic carbocycles. The summed E-state index contributed by atoms with van der Waals surface area (Å²) in [5, 5.41) is 4.80. The summed E-state index contributed by atoms with van der Waals surface area (Å²) in [6, 6.07) is 48.9. The average molecular weight is 752 g/mol. The van der Waals surface area contributed by atoms with Crippen LogP contribution in [0.15, 0.2) is 188 Å². The molecule has 0 radical (unpaired) electrons. The Morgan fingerprint density at radius 3 is 1.63 bits per heavy atom. The highest BCUT2D eigenvalue weighted by molar-refractivity contribution is 7.26. The molecule has 0 aliphatic heterocycles. The zero-order valence-corrected chi connectivity index (χ0v) is 30.9. The van der Waals surface area contributed by atoms with Gasteiger partial charge in [0.05, 0.1) is 36.0 Å². The van der Waals surface area contributed by atoms with Gasteiger partial charge in [-0.25, -0.2) is 4.98 Å². The van der Waals surface area contributed by atoms with Gasteiger partial charge < -0.3 is 4.57 Å². The Bertz CT molecular complexity index is 3790. The van der Waals surface area contributed by atoms with E-state index in [0.717, 1.165) is 54.9 Å². The molecule has 12 aromatic rings. The maximum atomic E-state index is 9.65. The van der Waals surface area contributed by atoms with Gasteiger partial charge in [-0.05, 0) is 48.5 Å². The summed E-state index contributed by atoms with van der Waals surface area (Å²) in [4.78, 5) is 15.5. The number of aromatic nitrogens is 5. The molecule has 0 aliphatic rings. The third-order valence-electron chi connectivity index (χ3n) is 10.8. The van der Waals surface area contributed by atoms with Gasteiger partial charge in [-0.2, -0.15) is 9.97 Å². The van der Waals surface area contributed by atoms with E-state index in [-0.39, 0.29) is 47.0 Å². The average Bonchev–Trinajstić information content (AvgIpc) is 3.99. The molecule has 6 heteroatoms. The maximum absolute atomic E-state index is 9.65. The lowest BCUT2D eigenvalue weighted by Crippen LogP contribution is -2.06. The minimum Gasteiger partial charge on any atom is -0.309 e. The highest BCUT2D eigenvalue weighted by atomic mass is 32.1. The Balaban J connectivity index is 1.21. The van der Waals surface area contributed by atoms with Crippen LogP contribution in [0.3, 0.4) is 0 Å². The fourth-order valence-electron chi connectivity index (χ4n) is 8.26. The number of thiophene rings is 1. The van der Waals surface area contributed by atoms with Crippen LogP contribution in [-0.2, 0) is 0 Å². The van der Waals surface area contributed by atoms with Crippen LogP contribution >= 0.6 is 11.3 Å². The molecule has 0 saturated heterocycles. The van der Waals surface area contributed by atoms with Crippen LogP contribution < -0.4 is 0 Å². The lowest BCUT2D eigenvalue weighted by molar-refractivity contribution is 0.953. The topological polar surface area (TPSA) is 48.5 Å². The van der Waals surface area contributed by atoms with E-state index >= 15 is 0 Å². The fourth-order valence-corrected chi connectivity index (χ4v) is 9.36. The summed E-state index contributed by atoms with van der Waals surface area (Å²) in [6.45, 7) is 0. The minimum absolute atomic E-state index is 0.0585. The van der Waals surface area contributed by atoms with Crippen molar-refractivity contribution in [3.63, 3.8) is 0 Å². The SMILES string of the molecule is [2H]c1cc([2H])c2sc3c(-c4cc(-c5nc(-c6ccccc6)nc(-n6c7ccccc7c7ccccc76)n5)ccc4-n4c5ccccc5c5ccccc54)c([2H])c([2H])c([2H])c3c2c1[2H]. The van der Waals surface area contributed by atoms with Crippen molar-refractivity contribution in [2.45, 2.75) is 0 Å². The Morgan fingerprint density at radius 1 is 0.421 bits per heavy atom. The lowest BCUT2D eigenvalue weighted by atomic mass is 9.98. The highest BCUT2D eigenvalue weighted by Crippen LogP contribution is 2.44. The lowest BCUT2D eigenvalue weighted by Gasteiger charge is -2.17. The molecule has 0 amide bonds. The summed E-state index contributed by atoms with van der Waals surface area (Å²) in [5.41, 5.74) is 6.89. The molecule has 8 aromatic carbocycles. The summed E-state index contributed by atoms with van der Waals surface area (Å²) < 4.78 is 59.5. The summed E-state index contributed by atoms with van der Waals surface area (Å²) in [5.74, 6) is 1.29. The molecule has 0 fully saturated rings. The van der Waals surface area contributed by atoms with Gasteiger partial charge in [-0.15, -0.1) is 11.3 Å². The van der Waals surface area contributed by atoms with Crippen molar-refractivity contribution in [2.24, 2.45) is 0 Å². The van der Waals surface area contributed by atoms with Gasteiger partial charge in [0.25, 0.3) is 0 Å². The van der Waals surface area contributed by atoms with E-state index in [0.29, 0.717) is 43.7 Å². The molecule has 4 heterocycles. The quantitative estimate of drug-likeness (QED) is 0.176. The number of fused-ring (bicyclic) bond motifs is 9. The summed E-state index contributed by atoms with van der Waals surface area (Å²) >= 11 is 1.22. The van der Waals surface area contributed by atoms with Gasteiger partial charge in [0.2, 0.25) is 5.95 Å². The second-order valence-corrected chi connectivity index (χ2v) is 15.0. The molecule has 0 N–H and O–H groups in total. The van der Waals surface area contributed by atoms with Crippen LogP contribution in [0.4, 0.5) is 0 Å². The summed E-state index contributed by atoms with van der Waals surface area (Å²) in [6.07, 6.45) is 0. The van der Waals surface area contributed by atoms with E-state index < -0.39 is 0 Å². The first-order valence-electron chi connectivity index (χ1n) is 21.6. The van der Waals surface area contributed by atoms with Crippen molar-refractivity contribution in [1.82, 2.24) is 24.1 Å². The highest BCUT2D eigenvalue weighted by Gasteiger charge is 2.22. The number of hydrogen-bond donors (Lipinski definition) is 0. The molecular formula is C51H31N5S. The third kappa shape index (κ3) is 4.91. The normalized spacial score (nSPS) is 13.3. The largest absolute Gasteiger partial charge is 0.309 e. The third-order valence-corrected chi connectivity index (χ3v) is 11.9. The van der Waals surface area contributed by atoms with Crippen LogP contribution in [0, 0.1) is 0 Å². The maximum Gasteiger partial charge on any atom is 0.238 e. The molecule has 4 aromatic heterocycles. The van der Waals surface area contributed by atoms with E-state index in [1.54, 1.807) is 0 Å². The van der Waals surface area contributed by atoms with Gasteiger partial charge in [-0.1, -0.05) is 139 Å². The molecule has 0 saturated carbocycles. The molecule has 0 spiro atoms. The van der Waals surface area contributed by atoms with Gasteiger partial charge in [0.15, 0.2) is 11.6 Å². The molecular weight excluding hydrogens is 715 g/mol. The van der Waals surface area contributed by atoms with Gasteiger partial charge in [-0.3, -0.25) is 4.57 Å². The van der Waals surface area contributed by atoms with Crippen molar-refractivity contribution < 1.29 is 8.22 Å². The molecule has 266 valence electrons. The van der Waals surface area contributed by atoms with Crippen molar-refractivity contribution >= 4 is 75.1 Å². The minimum atomic E-state index is -0.308. The fraction of sp³-hybridized carbons (Fsp3) is 0. The van der Waals surface area contributed by atoms with Crippen LogP contribution in [0.2, 0.25) is 0 Å². The van der Waals surface area contributed by atoms with Crippen LogP contribution in [0.1, 0.15) is 8.22 Å². The smallest absolute Gasteiger partial charge is 0.238 e. The van der Waals surface area contributed by atoms with E-state index in [9.17, 15) is 4.11 Å². The molecule has 0 unspecified atom stereocenters. The summed E-state index contributed by atoms with van der Waals surface area (Å²) in [7, 11) is 0. The zero-order valence-electron chi connectivity index (χ0n) is 36.1. The number of hydrogen-bond acceptors (Lipinski definition) is 4. The first-order chi connectivity index (χ1) is 30.8. The van der Waals surface area contributed by atoms with Crippen molar-refractivity contribution in [3.05, 3.63) is 188 Å². The number of nitrogens with zero attached hydrogens (tertiary/aromatic N) is 5. The van der Waals surface area contributed by atoms with Crippen molar-refractivity contribution in [1.29, 1.82) is 0 Å². The Morgan fingerprint density at radius 2 is 0.982 bits per heavy atom. The van der Waals surface area contributed by atoms with E-state index in [1.807, 2.05) is 97.1 Å². The Hall–Kier alpha value is -7.41. The first kappa shape index (κ1) is 26.4. The Kier molecular flexibility index (Phi) is 5.82. The monoisotopic (exact) mass is 751 g/mol. The first-order valence-corrected chi connectivity index (χ1v) is 19.4. The van der Waals surface area contributed by atoms with Gasteiger partial charge >= 0.3 is 0 Å². The number of para-hydroxylation sites is 4. The van der Waals surface area contributed by atoms with E-state index in [2.05, 4.69) is 57.7 Å². The molecule has 0 bridgehead atoms. The van der Waals surface area contributed by atoms with Crippen LogP contribution in [0.5, 0.6) is 0 Å². The van der Waals surface area contributed by atoms with Crippen molar-refractivity contribution in [3.8, 4) is 45.5 Å². The second kappa shape index (κ2) is 12.6. The number of rotatable bonds is 5. The van der Waals surface area contributed by atoms with E-state index in [1.165, 1.54) is 17.4 Å². The predicted octanol–water partition coefficient (Wildman–Crippen LogP) is 13.4. The molecule has 0 atom stereocenters. The predicted molar refractivity (Wildman–Crippen MR) is 238 cm³/mol. The standard InChI is InChI=1S/C51H31N5S/c1-2-15-32(16-3-1)49-52-50(54-51(53-49)56-44-26-11-6-19-36(44)37-20-7-12-27-45(37)56)33-29-30-46(55-42-24-9-4-17-34(42)35-18-5-10-25-43(35)55)41(31-33)40-23-14-22-39-38-21-8-13-28-47(38)57-48(39)40/h1-31H/i8D,14D,21D,22D,23D,28D. The van der Waals surface area contributed by atoms with Crippen LogP contribution in [-0.4, -0.2) is 24.1 Å². The van der Waals surface area contributed by atoms with Gasteiger partial charge in [0, 0.05) is 64.0 Å². The molecule has 5 nitrogen and oxygen atoms in total. The molecule has 12 rings (SSSR count). The Labute approximate surface area is 339 Å². The van der Waals surface area contributed by atoms with Gasteiger partial charge in [0.1, 0.15) is 0 Å². The van der Waals surface area contributed by atoms with Crippen LogP contribution in [0.25, 0.3) is 109 Å². The van der Waals surface area contributed by atoms with Crippen molar-refractivity contribution in [2.75, 3.05) is 0 Å². The second-order valence-electron chi connectivity index (χ2n) is 13.9. The zero-order chi connectivity index (χ0) is 42.7.